The highest BCUT2D eigenvalue weighted by Gasteiger charge is 2.30. The number of benzene rings is 1. The van der Waals surface area contributed by atoms with Gasteiger partial charge < -0.3 is 15.8 Å². The van der Waals surface area contributed by atoms with Gasteiger partial charge in [0.2, 0.25) is 0 Å². The van der Waals surface area contributed by atoms with E-state index in [1.54, 1.807) is 16.6 Å². The van der Waals surface area contributed by atoms with E-state index < -0.39 is 17.8 Å². The van der Waals surface area contributed by atoms with E-state index in [0.717, 1.165) is 61.3 Å². The van der Waals surface area contributed by atoms with Crippen molar-refractivity contribution in [1.82, 2.24) is 24.5 Å². The summed E-state index contributed by atoms with van der Waals surface area (Å²) < 4.78 is 46.1. The van der Waals surface area contributed by atoms with Crippen LogP contribution in [0.1, 0.15) is 17.7 Å². The number of nitrogens with one attached hydrogen (secondary N) is 2. The third-order valence-electron chi connectivity index (χ3n) is 6.14. The topological polar surface area (TPSA) is 123 Å². The lowest BCUT2D eigenvalue weighted by molar-refractivity contribution is -0.137. The zero-order valence-corrected chi connectivity index (χ0v) is 20.2. The molecule has 4 aromatic rings. The molecule has 3 aromatic heterocycles. The highest BCUT2D eigenvalue weighted by atomic mass is 19.4. The second kappa shape index (κ2) is 10.6. The Morgan fingerprint density at radius 1 is 1.05 bits per heavy atom. The number of urea groups is 1. The first-order valence-corrected chi connectivity index (χ1v) is 11.9. The van der Waals surface area contributed by atoms with Crippen molar-refractivity contribution >= 4 is 28.9 Å². The molecule has 4 heterocycles. The van der Waals surface area contributed by atoms with Gasteiger partial charge in [-0.1, -0.05) is 12.1 Å². The summed E-state index contributed by atoms with van der Waals surface area (Å²) in [5.74, 6) is 0.129. The number of carbonyl (C=O) groups is 1. The summed E-state index contributed by atoms with van der Waals surface area (Å²) in [6, 6.07) is 9.89. The molecule has 1 fully saturated rings. The molecule has 1 aromatic carbocycles. The van der Waals surface area contributed by atoms with E-state index in [4.69, 9.17) is 10.5 Å². The standard InChI is InChI=1S/C25H25F3N8O2/c26-25(27,28)17-6-7-30-21(12-17)34-24(37)33-18-4-2-16(3-5-18)20-13-19(14-35-8-1-10-38-11-9-35)36-22(20)23(29)31-15-32-36/h2-7,12-13,15H,1,8-11,14H2,(H2,29,31,32)(H2,30,33,34,37). The maximum absolute atomic E-state index is 12.9. The molecule has 10 nitrogen and oxygen atoms in total. The predicted molar refractivity (Wildman–Crippen MR) is 135 cm³/mol. The number of aromatic nitrogens is 4. The minimum atomic E-state index is -4.54. The number of nitrogen functional groups attached to an aromatic ring is 1. The average Bonchev–Trinajstić information content (AvgIpc) is 3.05. The summed E-state index contributed by atoms with van der Waals surface area (Å²) in [6.45, 7) is 3.84. The van der Waals surface area contributed by atoms with Crippen molar-refractivity contribution in [3.63, 3.8) is 0 Å². The second-order valence-electron chi connectivity index (χ2n) is 8.78. The molecule has 0 bridgehead atoms. The Kier molecular flexibility index (Phi) is 7.11. The molecule has 4 N–H and O–H groups in total. The van der Waals surface area contributed by atoms with Gasteiger partial charge in [-0.15, -0.1) is 0 Å². The predicted octanol–water partition coefficient (Wildman–Crippen LogP) is 4.26. The summed E-state index contributed by atoms with van der Waals surface area (Å²) in [5.41, 5.74) is 9.08. The molecular formula is C25H25F3N8O2. The number of halogens is 3. The van der Waals surface area contributed by atoms with Crippen LogP contribution in [0.4, 0.5) is 35.3 Å². The van der Waals surface area contributed by atoms with Crippen LogP contribution in [-0.2, 0) is 17.5 Å². The van der Waals surface area contributed by atoms with Crippen molar-refractivity contribution in [2.24, 2.45) is 0 Å². The number of nitrogens with zero attached hydrogens (tertiary/aromatic N) is 5. The molecule has 38 heavy (non-hydrogen) atoms. The van der Waals surface area contributed by atoms with Gasteiger partial charge in [-0.25, -0.2) is 19.3 Å². The number of pyridine rings is 1. The van der Waals surface area contributed by atoms with Gasteiger partial charge in [0.1, 0.15) is 17.7 Å². The lowest BCUT2D eigenvalue weighted by atomic mass is 10.1. The zero-order chi connectivity index (χ0) is 26.7. The molecule has 1 saturated heterocycles. The second-order valence-corrected chi connectivity index (χ2v) is 8.78. The van der Waals surface area contributed by atoms with E-state index >= 15 is 0 Å². The molecule has 0 radical (unpaired) electrons. The highest BCUT2D eigenvalue weighted by molar-refractivity contribution is 5.99. The molecule has 198 valence electrons. The molecule has 1 aliphatic rings. The third-order valence-corrected chi connectivity index (χ3v) is 6.14. The summed E-state index contributed by atoms with van der Waals surface area (Å²) in [5, 5.41) is 9.33. The van der Waals surface area contributed by atoms with Gasteiger partial charge in [-0.3, -0.25) is 10.2 Å². The number of hydrogen-bond acceptors (Lipinski definition) is 7. The maximum atomic E-state index is 12.9. The number of alkyl halides is 3. The van der Waals surface area contributed by atoms with Crippen LogP contribution in [0.15, 0.2) is 55.0 Å². The Morgan fingerprint density at radius 2 is 1.87 bits per heavy atom. The van der Waals surface area contributed by atoms with E-state index in [0.29, 0.717) is 30.2 Å². The summed E-state index contributed by atoms with van der Waals surface area (Å²) in [7, 11) is 0. The lowest BCUT2D eigenvalue weighted by Crippen LogP contribution is -2.26. The van der Waals surface area contributed by atoms with Crippen LogP contribution in [0.5, 0.6) is 0 Å². The third kappa shape index (κ3) is 5.68. The van der Waals surface area contributed by atoms with Crippen LogP contribution in [0.3, 0.4) is 0 Å². The molecule has 2 amide bonds. The summed E-state index contributed by atoms with van der Waals surface area (Å²) in [4.78, 5) is 22.6. The smallest absolute Gasteiger partial charge is 0.382 e. The van der Waals surface area contributed by atoms with Gasteiger partial charge in [-0.05, 0) is 42.3 Å². The van der Waals surface area contributed by atoms with Gasteiger partial charge in [0.05, 0.1) is 17.9 Å². The Bertz CT molecular complexity index is 1430. The van der Waals surface area contributed by atoms with Crippen molar-refractivity contribution in [2.75, 3.05) is 42.7 Å². The quantitative estimate of drug-likeness (QED) is 0.355. The number of anilines is 3. The minimum Gasteiger partial charge on any atom is -0.382 e. The van der Waals surface area contributed by atoms with E-state index in [1.807, 2.05) is 18.2 Å². The molecular weight excluding hydrogens is 501 g/mol. The largest absolute Gasteiger partial charge is 0.416 e. The highest BCUT2D eigenvalue weighted by Crippen LogP contribution is 2.32. The monoisotopic (exact) mass is 526 g/mol. The fraction of sp³-hybridized carbons (Fsp3) is 0.280. The number of amides is 2. The van der Waals surface area contributed by atoms with Crippen LogP contribution < -0.4 is 16.4 Å². The number of fused-ring (bicyclic) bond motifs is 1. The van der Waals surface area contributed by atoms with Crippen LogP contribution in [0.2, 0.25) is 0 Å². The SMILES string of the molecule is Nc1ncnn2c(CN3CCCOCC3)cc(-c3ccc(NC(=O)Nc4cc(C(F)(F)F)ccn4)cc3)c12. The Hall–Kier alpha value is -4.23. The van der Waals surface area contributed by atoms with Crippen LogP contribution in [-0.4, -0.2) is 56.8 Å². The van der Waals surface area contributed by atoms with Crippen molar-refractivity contribution in [2.45, 2.75) is 19.1 Å². The number of rotatable bonds is 5. The minimum absolute atomic E-state index is 0.215. The Labute approximate surface area is 215 Å². The molecule has 0 saturated carbocycles. The normalized spacial score (nSPS) is 14.8. The van der Waals surface area contributed by atoms with Gasteiger partial charge in [-0.2, -0.15) is 18.3 Å². The first-order chi connectivity index (χ1) is 18.3. The molecule has 0 atom stereocenters. The summed E-state index contributed by atoms with van der Waals surface area (Å²) in [6.07, 6.45) is -1.17. The first kappa shape index (κ1) is 25.4. The number of hydrogen-bond donors (Lipinski definition) is 3. The Balaban J connectivity index is 1.33. The fourth-order valence-corrected chi connectivity index (χ4v) is 4.34. The maximum Gasteiger partial charge on any atom is 0.416 e. The fourth-order valence-electron chi connectivity index (χ4n) is 4.34. The zero-order valence-electron chi connectivity index (χ0n) is 20.2. The lowest BCUT2D eigenvalue weighted by Gasteiger charge is -2.18. The first-order valence-electron chi connectivity index (χ1n) is 11.9. The van der Waals surface area contributed by atoms with Crippen LogP contribution >= 0.6 is 0 Å². The van der Waals surface area contributed by atoms with Crippen LogP contribution in [0, 0.1) is 0 Å². The Morgan fingerprint density at radius 3 is 2.66 bits per heavy atom. The van der Waals surface area contributed by atoms with Gasteiger partial charge in [0, 0.05) is 43.7 Å². The van der Waals surface area contributed by atoms with Gasteiger partial charge in [0.25, 0.3) is 0 Å². The number of ether oxygens (including phenoxy) is 1. The molecule has 1 aliphatic heterocycles. The summed E-state index contributed by atoms with van der Waals surface area (Å²) >= 11 is 0. The van der Waals surface area contributed by atoms with Crippen molar-refractivity contribution in [3.8, 4) is 11.1 Å². The number of nitrogens with two attached hydrogens (primary N) is 1. The molecule has 5 rings (SSSR count). The van der Waals surface area contributed by atoms with Gasteiger partial charge >= 0.3 is 12.2 Å². The molecule has 13 heteroatoms. The van der Waals surface area contributed by atoms with Crippen molar-refractivity contribution in [3.05, 3.63) is 66.2 Å². The van der Waals surface area contributed by atoms with E-state index in [-0.39, 0.29) is 5.82 Å². The van der Waals surface area contributed by atoms with E-state index in [2.05, 4.69) is 30.6 Å². The number of carbonyl (C=O) groups excluding carboxylic acids is 1. The van der Waals surface area contributed by atoms with Gasteiger partial charge in [0.15, 0.2) is 5.82 Å². The van der Waals surface area contributed by atoms with E-state index in [1.165, 1.54) is 6.33 Å². The molecule has 0 aliphatic carbocycles. The van der Waals surface area contributed by atoms with Crippen molar-refractivity contribution < 1.29 is 22.7 Å². The molecule has 0 spiro atoms. The van der Waals surface area contributed by atoms with E-state index in [9.17, 15) is 18.0 Å². The van der Waals surface area contributed by atoms with Crippen LogP contribution in [0.25, 0.3) is 16.6 Å². The average molecular weight is 527 g/mol. The molecule has 0 unspecified atom stereocenters. The van der Waals surface area contributed by atoms with Crippen molar-refractivity contribution in [1.29, 1.82) is 0 Å².